The standard InChI is InChI=1S/C10H8FN3O/c11-7-3-4-14(6-7)8-1-2-10(13-15)9(12)5-8/h1-6H,12H2. The third kappa shape index (κ3) is 1.71. The van der Waals surface area contributed by atoms with E-state index < -0.39 is 0 Å². The number of nitrogens with two attached hydrogens (primary N) is 1. The van der Waals surface area contributed by atoms with Gasteiger partial charge in [0.25, 0.3) is 0 Å². The van der Waals surface area contributed by atoms with Crippen LogP contribution in [0.2, 0.25) is 0 Å². The van der Waals surface area contributed by atoms with Gasteiger partial charge in [0.2, 0.25) is 0 Å². The van der Waals surface area contributed by atoms with Gasteiger partial charge in [0.15, 0.2) is 0 Å². The van der Waals surface area contributed by atoms with Gasteiger partial charge < -0.3 is 10.3 Å². The molecule has 0 aliphatic carbocycles. The maximum atomic E-state index is 12.7. The molecule has 0 amide bonds. The van der Waals surface area contributed by atoms with Crippen molar-refractivity contribution in [3.8, 4) is 5.69 Å². The molecule has 0 unspecified atom stereocenters. The van der Waals surface area contributed by atoms with Gasteiger partial charge in [-0.3, -0.25) is 0 Å². The van der Waals surface area contributed by atoms with Gasteiger partial charge in [-0.05, 0) is 29.4 Å². The maximum Gasteiger partial charge on any atom is 0.141 e. The van der Waals surface area contributed by atoms with Crippen molar-refractivity contribution in [2.45, 2.75) is 0 Å². The molecule has 1 heterocycles. The van der Waals surface area contributed by atoms with Crippen LogP contribution in [-0.2, 0) is 0 Å². The van der Waals surface area contributed by atoms with Crippen LogP contribution >= 0.6 is 0 Å². The highest BCUT2D eigenvalue weighted by molar-refractivity contribution is 5.65. The summed E-state index contributed by atoms with van der Waals surface area (Å²) in [6, 6.07) is 6.04. The fourth-order valence-corrected chi connectivity index (χ4v) is 1.32. The highest BCUT2D eigenvalue weighted by atomic mass is 19.1. The number of anilines is 1. The minimum atomic E-state index is -0.328. The molecule has 0 aliphatic heterocycles. The molecule has 15 heavy (non-hydrogen) atoms. The van der Waals surface area contributed by atoms with Crippen molar-refractivity contribution in [3.63, 3.8) is 0 Å². The number of rotatable bonds is 2. The van der Waals surface area contributed by atoms with E-state index in [0.717, 1.165) is 0 Å². The zero-order chi connectivity index (χ0) is 10.8. The molecule has 5 heteroatoms. The lowest BCUT2D eigenvalue weighted by molar-refractivity contribution is 0.627. The predicted molar refractivity (Wildman–Crippen MR) is 55.6 cm³/mol. The van der Waals surface area contributed by atoms with Gasteiger partial charge in [-0.2, -0.15) is 0 Å². The summed E-state index contributed by atoms with van der Waals surface area (Å²) < 4.78 is 14.3. The Kier molecular flexibility index (Phi) is 2.21. The first-order valence-electron chi connectivity index (χ1n) is 4.27. The molecular weight excluding hydrogens is 197 g/mol. The van der Waals surface area contributed by atoms with Crippen molar-refractivity contribution in [3.05, 3.63) is 47.4 Å². The third-order valence-electron chi connectivity index (χ3n) is 2.06. The van der Waals surface area contributed by atoms with Crippen molar-refractivity contribution in [2.75, 3.05) is 5.73 Å². The number of nitrogen functional groups attached to an aromatic ring is 1. The molecule has 76 valence electrons. The fraction of sp³-hybridized carbons (Fsp3) is 0. The second kappa shape index (κ2) is 3.53. The van der Waals surface area contributed by atoms with Crippen molar-refractivity contribution in [1.82, 2.24) is 4.57 Å². The molecule has 0 radical (unpaired) electrons. The highest BCUT2D eigenvalue weighted by Gasteiger charge is 2.03. The van der Waals surface area contributed by atoms with E-state index in [2.05, 4.69) is 5.18 Å². The monoisotopic (exact) mass is 205 g/mol. The lowest BCUT2D eigenvalue weighted by atomic mass is 10.2. The van der Waals surface area contributed by atoms with Gasteiger partial charge in [-0.1, -0.05) is 0 Å². The van der Waals surface area contributed by atoms with Crippen LogP contribution in [0.1, 0.15) is 0 Å². The topological polar surface area (TPSA) is 60.4 Å². The number of benzene rings is 1. The summed E-state index contributed by atoms with van der Waals surface area (Å²) in [4.78, 5) is 10.3. The molecule has 0 aliphatic rings. The Balaban J connectivity index is 2.46. The first-order valence-corrected chi connectivity index (χ1v) is 4.27. The van der Waals surface area contributed by atoms with Crippen LogP contribution < -0.4 is 5.73 Å². The summed E-state index contributed by atoms with van der Waals surface area (Å²) in [5.41, 5.74) is 6.72. The van der Waals surface area contributed by atoms with Crippen LogP contribution in [0.4, 0.5) is 15.8 Å². The predicted octanol–water partition coefficient (Wildman–Crippen LogP) is 2.60. The molecule has 1 aromatic carbocycles. The van der Waals surface area contributed by atoms with Gasteiger partial charge in [-0.25, -0.2) is 4.39 Å². The Morgan fingerprint density at radius 2 is 2.13 bits per heavy atom. The van der Waals surface area contributed by atoms with E-state index in [-0.39, 0.29) is 17.2 Å². The number of hydrogen-bond donors (Lipinski definition) is 1. The normalized spacial score (nSPS) is 10.2. The van der Waals surface area contributed by atoms with Crippen LogP contribution in [-0.4, -0.2) is 4.57 Å². The molecule has 2 rings (SSSR count). The van der Waals surface area contributed by atoms with Crippen LogP contribution in [0, 0.1) is 10.7 Å². The smallest absolute Gasteiger partial charge is 0.141 e. The minimum Gasteiger partial charge on any atom is -0.397 e. The van der Waals surface area contributed by atoms with E-state index >= 15 is 0 Å². The number of nitrogens with zero attached hydrogens (tertiary/aromatic N) is 2. The van der Waals surface area contributed by atoms with Gasteiger partial charge in [0, 0.05) is 18.1 Å². The molecule has 0 saturated heterocycles. The Hall–Kier alpha value is -2.17. The molecule has 2 N–H and O–H groups in total. The van der Waals surface area contributed by atoms with Crippen molar-refractivity contribution < 1.29 is 4.39 Å². The number of hydrogen-bond acceptors (Lipinski definition) is 3. The summed E-state index contributed by atoms with van der Waals surface area (Å²) in [6.45, 7) is 0. The number of nitroso groups, excluding NO2 is 1. The molecule has 0 spiro atoms. The van der Waals surface area contributed by atoms with Crippen LogP contribution in [0.3, 0.4) is 0 Å². The van der Waals surface area contributed by atoms with E-state index in [9.17, 15) is 9.30 Å². The zero-order valence-corrected chi connectivity index (χ0v) is 7.72. The quantitative estimate of drug-likeness (QED) is 0.605. The average Bonchev–Trinajstić information content (AvgIpc) is 2.65. The van der Waals surface area contributed by atoms with Gasteiger partial charge in [0.1, 0.15) is 11.5 Å². The second-order valence-corrected chi connectivity index (χ2v) is 3.07. The maximum absolute atomic E-state index is 12.7. The van der Waals surface area contributed by atoms with E-state index in [1.165, 1.54) is 18.3 Å². The molecule has 0 fully saturated rings. The Bertz CT molecular complexity index is 507. The summed E-state index contributed by atoms with van der Waals surface area (Å²) in [5.74, 6) is -0.328. The molecule has 0 saturated carbocycles. The van der Waals surface area contributed by atoms with Crippen molar-refractivity contribution in [2.24, 2.45) is 5.18 Å². The lowest BCUT2D eigenvalue weighted by Gasteiger charge is -2.04. The molecular formula is C10H8FN3O. The molecule has 4 nitrogen and oxygen atoms in total. The molecule has 0 atom stereocenters. The Labute approximate surface area is 85.1 Å². The average molecular weight is 205 g/mol. The zero-order valence-electron chi connectivity index (χ0n) is 7.72. The first-order chi connectivity index (χ1) is 7.20. The van der Waals surface area contributed by atoms with Gasteiger partial charge >= 0.3 is 0 Å². The molecule has 1 aromatic heterocycles. The molecule has 2 aromatic rings. The summed E-state index contributed by atoms with van der Waals surface area (Å²) >= 11 is 0. The van der Waals surface area contributed by atoms with Crippen molar-refractivity contribution in [1.29, 1.82) is 0 Å². The highest BCUT2D eigenvalue weighted by Crippen LogP contribution is 2.24. The van der Waals surface area contributed by atoms with E-state index in [0.29, 0.717) is 5.69 Å². The summed E-state index contributed by atoms with van der Waals surface area (Å²) in [7, 11) is 0. The Morgan fingerprint density at radius 1 is 1.33 bits per heavy atom. The summed E-state index contributed by atoms with van der Waals surface area (Å²) in [5, 5.41) is 2.75. The van der Waals surface area contributed by atoms with E-state index in [4.69, 9.17) is 5.73 Å². The third-order valence-corrected chi connectivity index (χ3v) is 2.06. The molecule has 0 bridgehead atoms. The number of aromatic nitrogens is 1. The largest absolute Gasteiger partial charge is 0.397 e. The lowest BCUT2D eigenvalue weighted by Crippen LogP contribution is -1.92. The SMILES string of the molecule is Nc1cc(-n2ccc(F)c2)ccc1N=O. The van der Waals surface area contributed by atoms with Crippen molar-refractivity contribution >= 4 is 11.4 Å². The summed E-state index contributed by atoms with van der Waals surface area (Å²) in [6.07, 6.45) is 2.89. The van der Waals surface area contributed by atoms with Crippen LogP contribution in [0.5, 0.6) is 0 Å². The minimum absolute atomic E-state index is 0.186. The number of halogens is 1. The van der Waals surface area contributed by atoms with Crippen LogP contribution in [0.15, 0.2) is 41.8 Å². The van der Waals surface area contributed by atoms with Gasteiger partial charge in [-0.15, -0.1) is 4.91 Å². The fourth-order valence-electron chi connectivity index (χ4n) is 1.32. The Morgan fingerprint density at radius 3 is 2.67 bits per heavy atom. The van der Waals surface area contributed by atoms with Gasteiger partial charge in [0.05, 0.1) is 5.69 Å². The second-order valence-electron chi connectivity index (χ2n) is 3.07. The first kappa shape index (κ1) is 9.39. The van der Waals surface area contributed by atoms with E-state index in [1.807, 2.05) is 0 Å². The van der Waals surface area contributed by atoms with E-state index in [1.54, 1.807) is 22.9 Å². The van der Waals surface area contributed by atoms with Crippen LogP contribution in [0.25, 0.3) is 5.69 Å².